The molecule has 2 rings (SSSR count). The Balaban J connectivity index is 0.00000220. The van der Waals surface area contributed by atoms with Gasteiger partial charge in [0.2, 0.25) is 0 Å². The number of halogens is 3. The van der Waals surface area contributed by atoms with Gasteiger partial charge in [-0.15, -0.1) is 12.4 Å². The van der Waals surface area contributed by atoms with Crippen LogP contribution in [0.15, 0.2) is 18.2 Å². The van der Waals surface area contributed by atoms with Crippen molar-refractivity contribution < 1.29 is 9.47 Å². The lowest BCUT2D eigenvalue weighted by Gasteiger charge is -2.33. The second-order valence-corrected chi connectivity index (χ2v) is 5.88. The predicted octanol–water partition coefficient (Wildman–Crippen LogP) is 4.05. The van der Waals surface area contributed by atoms with Crippen LogP contribution in [0.1, 0.15) is 24.8 Å². The molecule has 1 N–H and O–H groups in total. The molecule has 1 aliphatic rings. The van der Waals surface area contributed by atoms with Gasteiger partial charge in [-0.25, -0.2) is 0 Å². The second kappa shape index (κ2) is 9.19. The van der Waals surface area contributed by atoms with Gasteiger partial charge in [0.1, 0.15) is 0 Å². The molecule has 1 aromatic carbocycles. The first-order chi connectivity index (χ1) is 9.68. The van der Waals surface area contributed by atoms with E-state index in [4.69, 9.17) is 32.7 Å². The minimum Gasteiger partial charge on any atom is -0.382 e. The third kappa shape index (κ3) is 4.98. The Morgan fingerprint density at radius 3 is 2.67 bits per heavy atom. The van der Waals surface area contributed by atoms with Crippen LogP contribution in [0, 0.1) is 0 Å². The summed E-state index contributed by atoms with van der Waals surface area (Å²) >= 11 is 12.2. The molecule has 0 amide bonds. The second-order valence-electron chi connectivity index (χ2n) is 5.07. The number of benzene rings is 1. The van der Waals surface area contributed by atoms with E-state index in [1.54, 1.807) is 7.11 Å². The summed E-state index contributed by atoms with van der Waals surface area (Å²) in [5.41, 5.74) is 0.808. The van der Waals surface area contributed by atoms with E-state index in [9.17, 15) is 0 Å². The molecule has 1 heterocycles. The topological polar surface area (TPSA) is 30.5 Å². The minimum atomic E-state index is -0.295. The third-order valence-corrected chi connectivity index (χ3v) is 4.49. The fourth-order valence-corrected chi connectivity index (χ4v) is 2.95. The van der Waals surface area contributed by atoms with Crippen molar-refractivity contribution in [3.8, 4) is 0 Å². The fourth-order valence-electron chi connectivity index (χ4n) is 2.66. The molecule has 0 aromatic heterocycles. The molecule has 6 heteroatoms. The molecule has 21 heavy (non-hydrogen) atoms. The van der Waals surface area contributed by atoms with Crippen molar-refractivity contribution in [2.24, 2.45) is 0 Å². The van der Waals surface area contributed by atoms with Gasteiger partial charge in [0.25, 0.3) is 0 Å². The number of hydrogen-bond acceptors (Lipinski definition) is 3. The highest BCUT2D eigenvalue weighted by Crippen LogP contribution is 2.38. The Labute approximate surface area is 142 Å². The maximum absolute atomic E-state index is 6.21. The Hall–Kier alpha value is -0.0300. The largest absolute Gasteiger partial charge is 0.382 e. The van der Waals surface area contributed by atoms with Gasteiger partial charge >= 0.3 is 0 Å². The van der Waals surface area contributed by atoms with Crippen molar-refractivity contribution in [3.63, 3.8) is 0 Å². The Morgan fingerprint density at radius 2 is 1.95 bits per heavy atom. The van der Waals surface area contributed by atoms with Crippen LogP contribution in [0.25, 0.3) is 0 Å². The quantitative estimate of drug-likeness (QED) is 0.809. The molecule has 0 spiro atoms. The van der Waals surface area contributed by atoms with Crippen LogP contribution in [0.4, 0.5) is 0 Å². The number of nitrogens with one attached hydrogen (secondary N) is 1. The van der Waals surface area contributed by atoms with Crippen LogP contribution in [-0.2, 0) is 15.1 Å². The Morgan fingerprint density at radius 1 is 1.14 bits per heavy atom. The van der Waals surface area contributed by atoms with Crippen molar-refractivity contribution >= 4 is 35.6 Å². The Kier molecular flexibility index (Phi) is 8.32. The molecule has 0 bridgehead atoms. The van der Waals surface area contributed by atoms with E-state index in [2.05, 4.69) is 5.32 Å². The molecule has 0 aliphatic carbocycles. The summed E-state index contributed by atoms with van der Waals surface area (Å²) in [5, 5.41) is 4.58. The first-order valence-electron chi connectivity index (χ1n) is 6.97. The van der Waals surface area contributed by atoms with Crippen LogP contribution < -0.4 is 5.32 Å². The third-order valence-electron chi connectivity index (χ3n) is 3.75. The molecule has 3 nitrogen and oxygen atoms in total. The number of rotatable bonds is 5. The van der Waals surface area contributed by atoms with Crippen molar-refractivity contribution in [1.29, 1.82) is 0 Å². The van der Waals surface area contributed by atoms with Gasteiger partial charge in [-0.1, -0.05) is 29.3 Å². The van der Waals surface area contributed by atoms with Crippen molar-refractivity contribution in [2.75, 3.05) is 33.4 Å². The molecule has 1 unspecified atom stereocenters. The highest BCUT2D eigenvalue weighted by Gasteiger charge is 2.34. The van der Waals surface area contributed by atoms with Gasteiger partial charge in [0.15, 0.2) is 0 Å². The van der Waals surface area contributed by atoms with Gasteiger partial charge in [0.05, 0.1) is 28.9 Å². The molecule has 1 aromatic rings. The van der Waals surface area contributed by atoms with E-state index in [1.165, 1.54) is 0 Å². The first kappa shape index (κ1) is 19.0. The minimum absolute atomic E-state index is 0. The summed E-state index contributed by atoms with van der Waals surface area (Å²) in [4.78, 5) is 0. The summed E-state index contributed by atoms with van der Waals surface area (Å²) < 4.78 is 11.3. The maximum atomic E-state index is 6.21. The van der Waals surface area contributed by atoms with E-state index in [0.29, 0.717) is 23.3 Å². The average molecular weight is 355 g/mol. The molecule has 120 valence electrons. The van der Waals surface area contributed by atoms with Crippen LogP contribution in [0.2, 0.25) is 10.0 Å². The van der Waals surface area contributed by atoms with Crippen LogP contribution in [0.5, 0.6) is 0 Å². The van der Waals surface area contributed by atoms with Crippen molar-refractivity contribution in [3.05, 3.63) is 33.8 Å². The number of methoxy groups -OCH3 is 1. The van der Waals surface area contributed by atoms with Gasteiger partial charge in [-0.05, 0) is 50.0 Å². The highest BCUT2D eigenvalue weighted by molar-refractivity contribution is 6.42. The monoisotopic (exact) mass is 353 g/mol. The summed E-state index contributed by atoms with van der Waals surface area (Å²) in [6.45, 7) is 3.14. The van der Waals surface area contributed by atoms with Gasteiger partial charge in [-0.3, -0.25) is 0 Å². The van der Waals surface area contributed by atoms with E-state index >= 15 is 0 Å². The van der Waals surface area contributed by atoms with E-state index in [-0.39, 0.29) is 18.0 Å². The molecule has 0 saturated carbocycles. The van der Waals surface area contributed by atoms with Crippen LogP contribution in [-0.4, -0.2) is 33.4 Å². The zero-order valence-electron chi connectivity index (χ0n) is 12.2. The molecular formula is C15H22Cl3NO2. The van der Waals surface area contributed by atoms with Gasteiger partial charge in [-0.2, -0.15) is 0 Å². The highest BCUT2D eigenvalue weighted by atomic mass is 35.5. The van der Waals surface area contributed by atoms with Crippen LogP contribution >= 0.6 is 35.6 Å². The zero-order chi connectivity index (χ0) is 14.4. The Bertz CT molecular complexity index is 435. The number of ether oxygens (including phenoxy) is 2. The summed E-state index contributed by atoms with van der Waals surface area (Å²) in [7, 11) is 1.68. The standard InChI is InChI=1S/C15H21Cl2NO2.ClH/c1-19-9-10-20-15(5-2-7-18-8-6-15)12-3-4-13(16)14(17)11-12;/h3-4,11,18H,2,5-10H2,1H3;1H. The normalized spacial score (nSPS) is 22.4. The predicted molar refractivity (Wildman–Crippen MR) is 89.9 cm³/mol. The first-order valence-corrected chi connectivity index (χ1v) is 7.73. The van der Waals surface area contributed by atoms with E-state index < -0.39 is 0 Å². The van der Waals surface area contributed by atoms with Crippen molar-refractivity contribution in [2.45, 2.75) is 24.9 Å². The molecular weight excluding hydrogens is 333 g/mol. The van der Waals surface area contributed by atoms with Gasteiger partial charge < -0.3 is 14.8 Å². The molecule has 1 saturated heterocycles. The lowest BCUT2D eigenvalue weighted by Crippen LogP contribution is -2.32. The summed E-state index contributed by atoms with van der Waals surface area (Å²) in [5.74, 6) is 0. The lowest BCUT2D eigenvalue weighted by molar-refractivity contribution is -0.0756. The summed E-state index contributed by atoms with van der Waals surface area (Å²) in [6, 6.07) is 5.80. The zero-order valence-corrected chi connectivity index (χ0v) is 14.5. The maximum Gasteiger partial charge on any atom is 0.0945 e. The average Bonchev–Trinajstić information content (AvgIpc) is 2.69. The molecule has 1 atom stereocenters. The summed E-state index contributed by atoms with van der Waals surface area (Å²) in [6.07, 6.45) is 2.98. The number of hydrogen-bond donors (Lipinski definition) is 1. The molecule has 1 fully saturated rings. The van der Waals surface area contributed by atoms with Crippen LogP contribution in [0.3, 0.4) is 0 Å². The lowest BCUT2D eigenvalue weighted by atomic mass is 9.86. The SMILES string of the molecule is COCCOC1(c2ccc(Cl)c(Cl)c2)CCCNCC1.Cl. The van der Waals surface area contributed by atoms with Crippen molar-refractivity contribution in [1.82, 2.24) is 5.32 Å². The van der Waals surface area contributed by atoms with Gasteiger partial charge in [0, 0.05) is 7.11 Å². The molecule has 0 radical (unpaired) electrons. The smallest absolute Gasteiger partial charge is 0.0945 e. The van der Waals surface area contributed by atoms with E-state index in [0.717, 1.165) is 37.9 Å². The fraction of sp³-hybridized carbons (Fsp3) is 0.600. The van der Waals surface area contributed by atoms with E-state index in [1.807, 2.05) is 18.2 Å². The molecule has 1 aliphatic heterocycles.